The fraction of sp³-hybridized carbons (Fsp3) is 0.423. The van der Waals surface area contributed by atoms with E-state index in [0.29, 0.717) is 24.2 Å². The molecule has 8 nitrogen and oxygen atoms in total. The van der Waals surface area contributed by atoms with Crippen LogP contribution in [0.4, 0.5) is 0 Å². The fourth-order valence-electron chi connectivity index (χ4n) is 4.30. The standard InChI is InChI=1S/C26H31N3O5S2/c1-5-34-24(30)16-29-22-13-18(3)19(4)14-23(22)35-26(29)27-25(31)20-7-6-12-28(15-20)36(32,33)21-10-8-17(2)9-11-21/h8-11,13-14,20H,5-7,12,15-16H2,1-4H3. The largest absolute Gasteiger partial charge is 0.465 e. The molecule has 1 aliphatic rings. The topological polar surface area (TPSA) is 98.0 Å². The highest BCUT2D eigenvalue weighted by molar-refractivity contribution is 7.89. The molecule has 10 heteroatoms. The summed E-state index contributed by atoms with van der Waals surface area (Å²) in [5.74, 6) is -1.34. The Bertz CT molecular complexity index is 1470. The van der Waals surface area contributed by atoms with E-state index >= 15 is 0 Å². The fourth-order valence-corrected chi connectivity index (χ4v) is 6.94. The van der Waals surface area contributed by atoms with Crippen molar-refractivity contribution in [1.29, 1.82) is 0 Å². The van der Waals surface area contributed by atoms with Crippen molar-refractivity contribution in [1.82, 2.24) is 8.87 Å². The Hall–Kier alpha value is -2.82. The molecule has 0 saturated carbocycles. The molecule has 0 bridgehead atoms. The van der Waals surface area contributed by atoms with Crippen LogP contribution in [-0.2, 0) is 30.9 Å². The van der Waals surface area contributed by atoms with Gasteiger partial charge >= 0.3 is 5.97 Å². The minimum absolute atomic E-state index is 0.0545. The Morgan fingerprint density at radius 2 is 1.81 bits per heavy atom. The van der Waals surface area contributed by atoms with Crippen LogP contribution in [0, 0.1) is 26.7 Å². The van der Waals surface area contributed by atoms with Crippen LogP contribution < -0.4 is 4.80 Å². The zero-order valence-electron chi connectivity index (χ0n) is 21.0. The quantitative estimate of drug-likeness (QED) is 0.454. The number of rotatable bonds is 6. The molecule has 1 atom stereocenters. The number of hydrogen-bond acceptors (Lipinski definition) is 6. The first-order valence-corrected chi connectivity index (χ1v) is 14.3. The number of aromatic nitrogens is 1. The second kappa shape index (κ2) is 10.7. The number of ether oxygens (including phenoxy) is 1. The number of hydrogen-bond donors (Lipinski definition) is 0. The van der Waals surface area contributed by atoms with Gasteiger partial charge in [-0.05, 0) is 75.9 Å². The van der Waals surface area contributed by atoms with Gasteiger partial charge in [0.05, 0.1) is 27.6 Å². The molecule has 2 aromatic carbocycles. The minimum Gasteiger partial charge on any atom is -0.465 e. The highest BCUT2D eigenvalue weighted by Crippen LogP contribution is 2.26. The van der Waals surface area contributed by atoms with Gasteiger partial charge in [-0.1, -0.05) is 29.0 Å². The van der Waals surface area contributed by atoms with Gasteiger partial charge in [0.1, 0.15) is 6.54 Å². The van der Waals surface area contributed by atoms with Gasteiger partial charge in [-0.15, -0.1) is 0 Å². The van der Waals surface area contributed by atoms with Crippen molar-refractivity contribution in [3.05, 3.63) is 57.9 Å². The zero-order valence-corrected chi connectivity index (χ0v) is 22.6. The molecule has 36 heavy (non-hydrogen) atoms. The van der Waals surface area contributed by atoms with Gasteiger partial charge in [-0.25, -0.2) is 8.42 Å². The molecular weight excluding hydrogens is 498 g/mol. The first-order valence-electron chi connectivity index (χ1n) is 12.0. The summed E-state index contributed by atoms with van der Waals surface area (Å²) in [5.41, 5.74) is 3.97. The number of benzene rings is 2. The van der Waals surface area contributed by atoms with E-state index in [4.69, 9.17) is 4.74 Å². The van der Waals surface area contributed by atoms with Crippen LogP contribution in [0.25, 0.3) is 10.2 Å². The lowest BCUT2D eigenvalue weighted by molar-refractivity contribution is -0.143. The molecule has 0 N–H and O–H groups in total. The van der Waals surface area contributed by atoms with Gasteiger partial charge in [0.25, 0.3) is 5.91 Å². The monoisotopic (exact) mass is 529 g/mol. The van der Waals surface area contributed by atoms with Crippen molar-refractivity contribution in [3.63, 3.8) is 0 Å². The summed E-state index contributed by atoms with van der Waals surface area (Å²) in [6.07, 6.45) is 1.13. The lowest BCUT2D eigenvalue weighted by Crippen LogP contribution is -2.42. The van der Waals surface area contributed by atoms with Gasteiger partial charge in [0.2, 0.25) is 10.0 Å². The number of thiazole rings is 1. The van der Waals surface area contributed by atoms with Crippen LogP contribution in [0.15, 0.2) is 46.3 Å². The minimum atomic E-state index is -3.70. The summed E-state index contributed by atoms with van der Waals surface area (Å²) in [5, 5.41) is 0. The predicted octanol–water partition coefficient (Wildman–Crippen LogP) is 3.72. The number of amides is 1. The summed E-state index contributed by atoms with van der Waals surface area (Å²) in [7, 11) is -3.70. The number of sulfonamides is 1. The number of carbonyl (C=O) groups excluding carboxylic acids is 2. The number of nitrogens with zero attached hydrogens (tertiary/aromatic N) is 3. The average molecular weight is 530 g/mol. The molecule has 1 amide bonds. The van der Waals surface area contributed by atoms with E-state index in [1.54, 1.807) is 35.8 Å². The summed E-state index contributed by atoms with van der Waals surface area (Å²) in [6, 6.07) is 10.7. The number of esters is 1. The SMILES string of the molecule is CCOC(=O)Cn1c(=NC(=O)C2CCCN(S(=O)(=O)c3ccc(C)cc3)C2)sc2cc(C)c(C)cc21. The Kier molecular flexibility index (Phi) is 7.77. The summed E-state index contributed by atoms with van der Waals surface area (Å²) in [6.45, 7) is 8.31. The molecule has 2 heterocycles. The van der Waals surface area contributed by atoms with Crippen molar-refractivity contribution < 1.29 is 22.7 Å². The number of fused-ring (bicyclic) bond motifs is 1. The molecule has 1 aliphatic heterocycles. The molecule has 0 spiro atoms. The van der Waals surface area contributed by atoms with Crippen LogP contribution >= 0.6 is 11.3 Å². The van der Waals surface area contributed by atoms with Crippen molar-refractivity contribution in [3.8, 4) is 0 Å². The van der Waals surface area contributed by atoms with Gasteiger partial charge in [-0.3, -0.25) is 9.59 Å². The number of carbonyl (C=O) groups is 2. The van der Waals surface area contributed by atoms with Gasteiger partial charge in [-0.2, -0.15) is 9.30 Å². The van der Waals surface area contributed by atoms with E-state index in [1.165, 1.54) is 15.6 Å². The molecule has 1 unspecified atom stereocenters. The maximum atomic E-state index is 13.3. The first-order chi connectivity index (χ1) is 17.1. The number of piperidine rings is 1. The Balaban J connectivity index is 1.66. The maximum absolute atomic E-state index is 13.3. The molecule has 0 aliphatic carbocycles. The predicted molar refractivity (Wildman–Crippen MR) is 139 cm³/mol. The van der Waals surface area contributed by atoms with Crippen LogP contribution in [0.3, 0.4) is 0 Å². The Labute approximate surface area is 215 Å². The van der Waals surface area contributed by atoms with Crippen LogP contribution in [0.5, 0.6) is 0 Å². The average Bonchev–Trinajstić information content (AvgIpc) is 3.15. The van der Waals surface area contributed by atoms with Crippen LogP contribution in [0.2, 0.25) is 0 Å². The van der Waals surface area contributed by atoms with Crippen molar-refractivity contribution in [2.75, 3.05) is 19.7 Å². The second-order valence-corrected chi connectivity index (χ2v) is 12.1. The normalized spacial score (nSPS) is 17.4. The molecule has 3 aromatic rings. The van der Waals surface area contributed by atoms with E-state index in [0.717, 1.165) is 26.9 Å². The number of aryl methyl sites for hydroxylation is 3. The van der Waals surface area contributed by atoms with Crippen LogP contribution in [-0.4, -0.2) is 48.9 Å². The summed E-state index contributed by atoms with van der Waals surface area (Å²) in [4.78, 5) is 30.6. The Morgan fingerprint density at radius 3 is 2.50 bits per heavy atom. The van der Waals surface area contributed by atoms with Gasteiger partial charge in [0.15, 0.2) is 4.80 Å². The Morgan fingerprint density at radius 1 is 1.11 bits per heavy atom. The van der Waals surface area contributed by atoms with E-state index in [2.05, 4.69) is 4.99 Å². The molecule has 0 radical (unpaired) electrons. The van der Waals surface area contributed by atoms with Crippen LogP contribution in [0.1, 0.15) is 36.5 Å². The molecule has 1 aromatic heterocycles. The molecule has 4 rings (SSSR count). The van der Waals surface area contributed by atoms with Crippen molar-refractivity contribution in [2.45, 2.75) is 52.0 Å². The lowest BCUT2D eigenvalue weighted by Gasteiger charge is -2.30. The molecular formula is C26H31N3O5S2. The third kappa shape index (κ3) is 5.45. The van der Waals surface area contributed by atoms with E-state index in [1.807, 2.05) is 32.9 Å². The van der Waals surface area contributed by atoms with E-state index in [9.17, 15) is 18.0 Å². The second-order valence-electron chi connectivity index (χ2n) is 9.15. The highest BCUT2D eigenvalue weighted by atomic mass is 32.2. The third-order valence-electron chi connectivity index (χ3n) is 6.49. The third-order valence-corrected chi connectivity index (χ3v) is 9.41. The molecule has 1 fully saturated rings. The maximum Gasteiger partial charge on any atom is 0.326 e. The lowest BCUT2D eigenvalue weighted by atomic mass is 9.99. The van der Waals surface area contributed by atoms with Gasteiger partial charge < -0.3 is 9.30 Å². The molecule has 192 valence electrons. The first kappa shape index (κ1) is 26.2. The summed E-state index contributed by atoms with van der Waals surface area (Å²) < 4.78 is 35.5. The van der Waals surface area contributed by atoms with Crippen molar-refractivity contribution in [2.24, 2.45) is 10.9 Å². The highest BCUT2D eigenvalue weighted by Gasteiger charge is 2.33. The molecule has 1 saturated heterocycles. The van der Waals surface area contributed by atoms with E-state index in [-0.39, 0.29) is 30.5 Å². The summed E-state index contributed by atoms with van der Waals surface area (Å²) >= 11 is 1.34. The van der Waals surface area contributed by atoms with Gasteiger partial charge in [0, 0.05) is 13.1 Å². The smallest absolute Gasteiger partial charge is 0.326 e. The van der Waals surface area contributed by atoms with E-state index < -0.39 is 21.9 Å². The zero-order chi connectivity index (χ0) is 26.0. The van der Waals surface area contributed by atoms with Crippen molar-refractivity contribution >= 4 is 43.5 Å².